The van der Waals surface area contributed by atoms with Crippen molar-refractivity contribution in [3.8, 4) is 11.3 Å². The number of carbonyl (C=O) groups is 4. The number of hydrogen-bond donors (Lipinski definition) is 3. The van der Waals surface area contributed by atoms with Gasteiger partial charge < -0.3 is 16.0 Å². The van der Waals surface area contributed by atoms with Crippen molar-refractivity contribution < 1.29 is 23.6 Å². The van der Waals surface area contributed by atoms with Crippen molar-refractivity contribution in [2.75, 3.05) is 23.7 Å². The standard InChI is InChI=1S/C30H28Cl2FN7O4/c1-30(9-11-39(12-10-30)20-14-35-25(26(34)37-20)17-3-2-4-18(31)23(17)32)36-13-15-5-6-16-22(24(15)33)29(44)40(28(16)43)19-7-8-21(41)38-27(19)42/h2-6,14,19,36H,7-13H2,1H3,(H2,34,37)(H,38,41,42). The number of aromatic nitrogens is 2. The molecule has 1 aromatic heterocycles. The average molecular weight is 641 g/mol. The number of halogens is 3. The van der Waals surface area contributed by atoms with E-state index < -0.39 is 35.5 Å². The van der Waals surface area contributed by atoms with Crippen LogP contribution >= 0.6 is 23.2 Å². The lowest BCUT2D eigenvalue weighted by Gasteiger charge is -2.40. The van der Waals surface area contributed by atoms with Gasteiger partial charge in [0.15, 0.2) is 5.82 Å². The van der Waals surface area contributed by atoms with Gasteiger partial charge >= 0.3 is 0 Å². The molecular weight excluding hydrogens is 612 g/mol. The summed E-state index contributed by atoms with van der Waals surface area (Å²) >= 11 is 12.5. The number of nitrogens with zero attached hydrogens (tertiary/aromatic N) is 4. The zero-order valence-electron chi connectivity index (χ0n) is 23.6. The Morgan fingerprint density at radius 1 is 1.09 bits per heavy atom. The quantitative estimate of drug-likeness (QED) is 0.343. The van der Waals surface area contributed by atoms with Gasteiger partial charge in [-0.05, 0) is 38.3 Å². The van der Waals surface area contributed by atoms with E-state index in [-0.39, 0.29) is 47.4 Å². The number of fused-ring (bicyclic) bond motifs is 1. The van der Waals surface area contributed by atoms with Gasteiger partial charge in [-0.1, -0.05) is 41.4 Å². The SMILES string of the molecule is CC1(NCc2ccc3c(c2F)C(=O)N(C2CCC(=O)NC2=O)C3=O)CCN(c2cnc(-c3cccc(Cl)c3Cl)c(N)n2)CC1. The first-order valence-corrected chi connectivity index (χ1v) is 14.8. The molecule has 1 atom stereocenters. The van der Waals surface area contributed by atoms with Crippen LogP contribution in [0.5, 0.6) is 0 Å². The number of anilines is 2. The zero-order chi connectivity index (χ0) is 31.3. The lowest BCUT2D eigenvalue weighted by Crippen LogP contribution is -2.54. The number of rotatable bonds is 6. The normalized spacial score (nSPS) is 19.8. The fraction of sp³-hybridized carbons (Fsp3) is 0.333. The van der Waals surface area contributed by atoms with Crippen molar-refractivity contribution in [3.63, 3.8) is 0 Å². The highest BCUT2D eigenvalue weighted by Gasteiger charge is 2.46. The topological polar surface area (TPSA) is 151 Å². The minimum atomic E-state index is -1.16. The Labute approximate surface area is 261 Å². The van der Waals surface area contributed by atoms with E-state index in [1.54, 1.807) is 24.4 Å². The second-order valence-corrected chi connectivity index (χ2v) is 12.2. The van der Waals surface area contributed by atoms with Gasteiger partial charge in [0.05, 0.1) is 27.4 Å². The Kier molecular flexibility index (Phi) is 7.76. The summed E-state index contributed by atoms with van der Waals surface area (Å²) in [5.74, 6) is -2.78. The third kappa shape index (κ3) is 5.27. The predicted molar refractivity (Wildman–Crippen MR) is 162 cm³/mol. The van der Waals surface area contributed by atoms with Crippen molar-refractivity contribution >= 4 is 58.5 Å². The molecule has 228 valence electrons. The van der Waals surface area contributed by atoms with E-state index in [9.17, 15) is 19.2 Å². The largest absolute Gasteiger partial charge is 0.382 e. The lowest BCUT2D eigenvalue weighted by molar-refractivity contribution is -0.136. The molecule has 2 aromatic carbocycles. The highest BCUT2D eigenvalue weighted by atomic mass is 35.5. The summed E-state index contributed by atoms with van der Waals surface area (Å²) in [5.41, 5.74) is 6.72. The van der Waals surface area contributed by atoms with Gasteiger partial charge in [0, 0.05) is 42.7 Å². The fourth-order valence-corrected chi connectivity index (χ4v) is 6.24. The molecule has 2 fully saturated rings. The molecule has 4 N–H and O–H groups in total. The lowest BCUT2D eigenvalue weighted by atomic mass is 9.89. The minimum Gasteiger partial charge on any atom is -0.382 e. The zero-order valence-corrected chi connectivity index (χ0v) is 25.1. The van der Waals surface area contributed by atoms with Gasteiger partial charge in [-0.25, -0.2) is 14.4 Å². The van der Waals surface area contributed by atoms with Gasteiger partial charge in [-0.2, -0.15) is 0 Å². The molecule has 6 rings (SSSR count). The first-order chi connectivity index (χ1) is 21.0. The van der Waals surface area contributed by atoms with Crippen LogP contribution in [0.4, 0.5) is 16.0 Å². The molecule has 0 aliphatic carbocycles. The van der Waals surface area contributed by atoms with Gasteiger partial charge in [-0.3, -0.25) is 29.4 Å². The predicted octanol–water partition coefficient (Wildman–Crippen LogP) is 3.72. The maximum atomic E-state index is 15.7. The highest BCUT2D eigenvalue weighted by Crippen LogP contribution is 2.36. The summed E-state index contributed by atoms with van der Waals surface area (Å²) < 4.78 is 15.7. The fourth-order valence-electron chi connectivity index (χ4n) is 5.85. The van der Waals surface area contributed by atoms with Crippen LogP contribution in [0.2, 0.25) is 10.0 Å². The summed E-state index contributed by atoms with van der Waals surface area (Å²) in [6, 6.07) is 6.95. The maximum absolute atomic E-state index is 15.7. The van der Waals surface area contributed by atoms with E-state index in [1.165, 1.54) is 12.1 Å². The maximum Gasteiger partial charge on any atom is 0.265 e. The van der Waals surface area contributed by atoms with Crippen LogP contribution in [0, 0.1) is 5.82 Å². The van der Waals surface area contributed by atoms with Crippen LogP contribution in [-0.4, -0.2) is 63.2 Å². The van der Waals surface area contributed by atoms with E-state index >= 15 is 4.39 Å². The number of hydrogen-bond acceptors (Lipinski definition) is 9. The number of nitrogens with two attached hydrogens (primary N) is 1. The van der Waals surface area contributed by atoms with Crippen LogP contribution in [-0.2, 0) is 16.1 Å². The number of piperidine rings is 2. The van der Waals surface area contributed by atoms with Crippen molar-refractivity contribution in [1.82, 2.24) is 25.5 Å². The Morgan fingerprint density at radius 2 is 1.84 bits per heavy atom. The van der Waals surface area contributed by atoms with Crippen LogP contribution in [0.15, 0.2) is 36.5 Å². The summed E-state index contributed by atoms with van der Waals surface area (Å²) in [4.78, 5) is 61.8. The van der Waals surface area contributed by atoms with E-state index in [4.69, 9.17) is 28.9 Å². The Balaban J connectivity index is 1.11. The molecule has 0 spiro atoms. The first-order valence-electron chi connectivity index (χ1n) is 14.1. The molecule has 11 nitrogen and oxygen atoms in total. The van der Waals surface area contributed by atoms with Gasteiger partial charge in [0.1, 0.15) is 23.4 Å². The molecule has 0 bridgehead atoms. The van der Waals surface area contributed by atoms with Crippen molar-refractivity contribution in [2.45, 2.75) is 50.7 Å². The molecule has 1 unspecified atom stereocenters. The average Bonchev–Trinajstić information content (AvgIpc) is 3.24. The number of amides is 4. The van der Waals surface area contributed by atoms with Gasteiger partial charge in [0.2, 0.25) is 11.8 Å². The van der Waals surface area contributed by atoms with E-state index in [0.717, 1.165) is 4.90 Å². The monoisotopic (exact) mass is 639 g/mol. The second-order valence-electron chi connectivity index (χ2n) is 11.4. The minimum absolute atomic E-state index is 0.000107. The molecule has 4 amide bonds. The highest BCUT2D eigenvalue weighted by molar-refractivity contribution is 6.43. The number of nitrogen functional groups attached to an aromatic ring is 1. The van der Waals surface area contributed by atoms with Gasteiger partial charge in [-0.15, -0.1) is 0 Å². The molecule has 0 radical (unpaired) electrons. The van der Waals surface area contributed by atoms with E-state index in [2.05, 4.69) is 25.5 Å². The van der Waals surface area contributed by atoms with Crippen LogP contribution < -0.4 is 21.3 Å². The van der Waals surface area contributed by atoms with Crippen molar-refractivity contribution in [1.29, 1.82) is 0 Å². The Morgan fingerprint density at radius 3 is 2.55 bits per heavy atom. The van der Waals surface area contributed by atoms with Crippen LogP contribution in [0.25, 0.3) is 11.3 Å². The number of nitrogens with one attached hydrogen (secondary N) is 2. The third-order valence-corrected chi connectivity index (χ3v) is 9.33. The van der Waals surface area contributed by atoms with Gasteiger partial charge in [0.25, 0.3) is 11.8 Å². The van der Waals surface area contributed by atoms with Crippen molar-refractivity contribution in [3.05, 3.63) is 69.1 Å². The molecule has 0 saturated carbocycles. The Hall–Kier alpha value is -4.13. The first kappa shape index (κ1) is 29.9. The molecule has 2 saturated heterocycles. The summed E-state index contributed by atoms with van der Waals surface area (Å²) in [6.07, 6.45) is 3.03. The summed E-state index contributed by atoms with van der Waals surface area (Å²) in [7, 11) is 0. The molecule has 4 heterocycles. The number of benzene rings is 2. The Bertz CT molecular complexity index is 1730. The summed E-state index contributed by atoms with van der Waals surface area (Å²) in [6.45, 7) is 3.43. The smallest absolute Gasteiger partial charge is 0.265 e. The molecule has 44 heavy (non-hydrogen) atoms. The molecule has 14 heteroatoms. The van der Waals surface area contributed by atoms with E-state index in [0.29, 0.717) is 53.1 Å². The van der Waals surface area contributed by atoms with Crippen molar-refractivity contribution in [2.24, 2.45) is 0 Å². The van der Waals surface area contributed by atoms with Crippen LogP contribution in [0.3, 0.4) is 0 Å². The molecular formula is C30H28Cl2FN7O4. The number of carbonyl (C=O) groups excluding carboxylic acids is 4. The van der Waals surface area contributed by atoms with E-state index in [1.807, 2.05) is 6.92 Å². The third-order valence-electron chi connectivity index (χ3n) is 8.52. The van der Waals surface area contributed by atoms with Crippen LogP contribution in [0.1, 0.15) is 58.9 Å². The second kappa shape index (κ2) is 11.4. The number of imide groups is 2. The molecule has 3 aliphatic heterocycles. The molecule has 3 aromatic rings. The molecule has 3 aliphatic rings. The summed E-state index contributed by atoms with van der Waals surface area (Å²) in [5, 5.41) is 6.30.